The van der Waals surface area contributed by atoms with E-state index in [1.807, 2.05) is 32.3 Å². The second-order valence-electron chi connectivity index (χ2n) is 5.93. The Morgan fingerprint density at radius 2 is 2.19 bits per heavy atom. The molecule has 0 aliphatic carbocycles. The van der Waals surface area contributed by atoms with Crippen LogP contribution in [0.15, 0.2) is 24.5 Å². The van der Waals surface area contributed by atoms with Gasteiger partial charge in [0.25, 0.3) is 0 Å². The summed E-state index contributed by atoms with van der Waals surface area (Å²) in [5.74, 6) is 0.857. The summed E-state index contributed by atoms with van der Waals surface area (Å²) in [6.45, 7) is 1.48. The van der Waals surface area contributed by atoms with Crippen molar-refractivity contribution in [1.82, 2.24) is 14.9 Å². The van der Waals surface area contributed by atoms with Crippen molar-refractivity contribution >= 4 is 22.4 Å². The number of nitrogen functional groups attached to an aromatic ring is 1. The van der Waals surface area contributed by atoms with Crippen molar-refractivity contribution in [3.63, 3.8) is 0 Å². The molecule has 0 radical (unpaired) electrons. The van der Waals surface area contributed by atoms with Crippen LogP contribution in [-0.4, -0.2) is 59.3 Å². The quantitative estimate of drug-likeness (QED) is 0.810. The lowest BCUT2D eigenvalue weighted by Gasteiger charge is -2.28. The third-order valence-corrected chi connectivity index (χ3v) is 3.88. The second kappa shape index (κ2) is 5.46. The molecule has 0 bridgehead atoms. The summed E-state index contributed by atoms with van der Waals surface area (Å²) in [5, 5.41) is 11.0. The first kappa shape index (κ1) is 14.0. The number of fused-ring (bicyclic) bond motifs is 1. The van der Waals surface area contributed by atoms with Gasteiger partial charge in [-0.2, -0.15) is 0 Å². The first-order valence-corrected chi connectivity index (χ1v) is 7.14. The van der Waals surface area contributed by atoms with Crippen molar-refractivity contribution in [2.45, 2.75) is 18.6 Å². The zero-order valence-electron chi connectivity index (χ0n) is 12.4. The van der Waals surface area contributed by atoms with Gasteiger partial charge in [0.2, 0.25) is 0 Å². The van der Waals surface area contributed by atoms with Gasteiger partial charge in [-0.25, -0.2) is 9.97 Å². The summed E-state index contributed by atoms with van der Waals surface area (Å²) in [7, 11) is 4.08. The lowest BCUT2D eigenvalue weighted by molar-refractivity contribution is 0.191. The molecule has 0 spiro atoms. The van der Waals surface area contributed by atoms with Gasteiger partial charge in [-0.1, -0.05) is 0 Å². The SMILES string of the molecule is CN(C)CC1CC(O)CN1c1ncnc2ccc(N)cc12. The van der Waals surface area contributed by atoms with Crippen LogP contribution in [0, 0.1) is 0 Å². The Kier molecular flexibility index (Phi) is 3.65. The van der Waals surface area contributed by atoms with E-state index in [4.69, 9.17) is 5.73 Å². The van der Waals surface area contributed by atoms with E-state index in [0.717, 1.165) is 29.7 Å². The van der Waals surface area contributed by atoms with Crippen LogP contribution in [0.5, 0.6) is 0 Å². The van der Waals surface area contributed by atoms with Gasteiger partial charge in [0.05, 0.1) is 11.6 Å². The van der Waals surface area contributed by atoms with Gasteiger partial charge in [-0.3, -0.25) is 0 Å². The summed E-state index contributed by atoms with van der Waals surface area (Å²) >= 11 is 0. The number of aliphatic hydroxyl groups excluding tert-OH is 1. The Balaban J connectivity index is 2.04. The van der Waals surface area contributed by atoms with E-state index in [0.29, 0.717) is 12.2 Å². The van der Waals surface area contributed by atoms with E-state index in [1.54, 1.807) is 6.33 Å². The van der Waals surface area contributed by atoms with E-state index >= 15 is 0 Å². The molecule has 21 heavy (non-hydrogen) atoms. The van der Waals surface area contributed by atoms with Crippen molar-refractivity contribution in [2.75, 3.05) is 37.8 Å². The maximum Gasteiger partial charge on any atom is 0.140 e. The zero-order chi connectivity index (χ0) is 15.0. The number of rotatable bonds is 3. The highest BCUT2D eigenvalue weighted by atomic mass is 16.3. The molecule has 2 atom stereocenters. The van der Waals surface area contributed by atoms with Crippen LogP contribution >= 0.6 is 0 Å². The maximum absolute atomic E-state index is 10.0. The van der Waals surface area contributed by atoms with Gasteiger partial charge in [0.15, 0.2) is 0 Å². The number of β-amino-alcohol motifs (C(OH)–C–C–N with tert-alkyl or cyclic N) is 1. The average Bonchev–Trinajstić information content (AvgIpc) is 2.77. The fourth-order valence-corrected chi connectivity index (χ4v) is 3.04. The molecular weight excluding hydrogens is 266 g/mol. The normalized spacial score (nSPS) is 22.4. The number of hydrogen-bond donors (Lipinski definition) is 2. The molecule has 6 nitrogen and oxygen atoms in total. The highest BCUT2D eigenvalue weighted by Crippen LogP contribution is 2.30. The molecule has 1 aliphatic rings. The Hall–Kier alpha value is -1.92. The van der Waals surface area contributed by atoms with E-state index in [2.05, 4.69) is 19.8 Å². The number of nitrogens with two attached hydrogens (primary N) is 1. The predicted molar refractivity (Wildman–Crippen MR) is 84.3 cm³/mol. The summed E-state index contributed by atoms with van der Waals surface area (Å²) in [4.78, 5) is 13.1. The molecule has 1 fully saturated rings. The Morgan fingerprint density at radius 1 is 1.38 bits per heavy atom. The molecule has 0 amide bonds. The first-order chi connectivity index (χ1) is 10.0. The van der Waals surface area contributed by atoms with Crippen molar-refractivity contribution in [3.8, 4) is 0 Å². The molecule has 2 unspecified atom stereocenters. The monoisotopic (exact) mass is 287 g/mol. The first-order valence-electron chi connectivity index (χ1n) is 7.14. The van der Waals surface area contributed by atoms with Crippen molar-refractivity contribution in [3.05, 3.63) is 24.5 Å². The minimum Gasteiger partial charge on any atom is -0.399 e. The molecule has 3 rings (SSSR count). The maximum atomic E-state index is 10.0. The van der Waals surface area contributed by atoms with Crippen LogP contribution in [0.2, 0.25) is 0 Å². The number of aromatic nitrogens is 2. The predicted octanol–water partition coefficient (Wildman–Crippen LogP) is 0.713. The molecule has 112 valence electrons. The molecule has 1 aromatic heterocycles. The summed E-state index contributed by atoms with van der Waals surface area (Å²) < 4.78 is 0. The fourth-order valence-electron chi connectivity index (χ4n) is 3.04. The van der Waals surface area contributed by atoms with Gasteiger partial charge in [-0.05, 0) is 38.7 Å². The van der Waals surface area contributed by atoms with Crippen LogP contribution in [0.4, 0.5) is 11.5 Å². The zero-order valence-corrected chi connectivity index (χ0v) is 12.4. The van der Waals surface area contributed by atoms with Crippen LogP contribution in [0.3, 0.4) is 0 Å². The third-order valence-electron chi connectivity index (χ3n) is 3.88. The van der Waals surface area contributed by atoms with E-state index in [9.17, 15) is 5.11 Å². The molecule has 2 aromatic rings. The van der Waals surface area contributed by atoms with Gasteiger partial charge >= 0.3 is 0 Å². The van der Waals surface area contributed by atoms with E-state index in [-0.39, 0.29) is 12.1 Å². The summed E-state index contributed by atoms with van der Waals surface area (Å²) in [6, 6.07) is 5.90. The van der Waals surface area contributed by atoms with Gasteiger partial charge in [0.1, 0.15) is 12.1 Å². The molecule has 1 aromatic carbocycles. The lowest BCUT2D eigenvalue weighted by atomic mass is 10.1. The molecule has 0 saturated carbocycles. The highest BCUT2D eigenvalue weighted by Gasteiger charge is 2.33. The average molecular weight is 287 g/mol. The third kappa shape index (κ3) is 2.77. The minimum absolute atomic E-state index is 0.245. The number of nitrogens with zero attached hydrogens (tertiary/aromatic N) is 4. The van der Waals surface area contributed by atoms with Crippen molar-refractivity contribution < 1.29 is 5.11 Å². The largest absolute Gasteiger partial charge is 0.399 e. The molecular formula is C15H21N5O. The standard InChI is InChI=1S/C15H21N5O/c1-19(2)7-11-6-12(21)8-20(11)15-13-5-10(16)3-4-14(13)17-9-18-15/h3-5,9,11-12,21H,6-8,16H2,1-2H3. The number of aliphatic hydroxyl groups is 1. The van der Waals surface area contributed by atoms with Gasteiger partial charge in [-0.15, -0.1) is 0 Å². The van der Waals surface area contributed by atoms with E-state index in [1.165, 1.54) is 0 Å². The van der Waals surface area contributed by atoms with Gasteiger partial charge < -0.3 is 20.6 Å². The Bertz CT molecular complexity index is 645. The number of benzene rings is 1. The highest BCUT2D eigenvalue weighted by molar-refractivity contribution is 5.91. The summed E-state index contributed by atoms with van der Waals surface area (Å²) in [6.07, 6.45) is 2.01. The van der Waals surface area contributed by atoms with Crippen molar-refractivity contribution in [1.29, 1.82) is 0 Å². The number of anilines is 2. The number of hydrogen-bond acceptors (Lipinski definition) is 6. The fraction of sp³-hybridized carbons (Fsp3) is 0.467. The van der Waals surface area contributed by atoms with Gasteiger partial charge in [0, 0.05) is 30.2 Å². The molecule has 1 saturated heterocycles. The summed E-state index contributed by atoms with van der Waals surface area (Å²) in [5.41, 5.74) is 7.47. The lowest BCUT2D eigenvalue weighted by Crippen LogP contribution is -2.38. The molecule has 6 heteroatoms. The van der Waals surface area contributed by atoms with Crippen LogP contribution in [0.25, 0.3) is 10.9 Å². The molecule has 1 aliphatic heterocycles. The smallest absolute Gasteiger partial charge is 0.140 e. The van der Waals surface area contributed by atoms with Crippen LogP contribution in [-0.2, 0) is 0 Å². The Morgan fingerprint density at radius 3 is 2.95 bits per heavy atom. The molecule has 2 heterocycles. The van der Waals surface area contributed by atoms with Crippen molar-refractivity contribution in [2.24, 2.45) is 0 Å². The Labute approximate surface area is 124 Å². The number of likely N-dealkylation sites (N-methyl/N-ethyl adjacent to an activating group) is 1. The molecule has 3 N–H and O–H groups in total. The minimum atomic E-state index is -0.318. The van der Waals surface area contributed by atoms with Crippen LogP contribution in [0.1, 0.15) is 6.42 Å². The second-order valence-corrected chi connectivity index (χ2v) is 5.93. The topological polar surface area (TPSA) is 78.5 Å². The van der Waals surface area contributed by atoms with Crippen LogP contribution < -0.4 is 10.6 Å². The van der Waals surface area contributed by atoms with E-state index < -0.39 is 0 Å².